The van der Waals surface area contributed by atoms with Crippen molar-refractivity contribution >= 4 is 39.9 Å². The van der Waals surface area contributed by atoms with E-state index < -0.39 is 17.9 Å². The van der Waals surface area contributed by atoms with Gasteiger partial charge in [0.2, 0.25) is 0 Å². The van der Waals surface area contributed by atoms with Gasteiger partial charge in [-0.2, -0.15) is 0 Å². The molecule has 0 heterocycles. The smallest absolute Gasteiger partial charge is 0.313 e. The van der Waals surface area contributed by atoms with Crippen LogP contribution in [-0.4, -0.2) is 30.6 Å². The van der Waals surface area contributed by atoms with Crippen molar-refractivity contribution in [1.29, 1.82) is 0 Å². The maximum absolute atomic E-state index is 12.1. The van der Waals surface area contributed by atoms with E-state index in [1.807, 2.05) is 36.4 Å². The van der Waals surface area contributed by atoms with Gasteiger partial charge >= 0.3 is 11.8 Å². The number of anilines is 1. The van der Waals surface area contributed by atoms with Crippen molar-refractivity contribution in [1.82, 2.24) is 5.32 Å². The minimum atomic E-state index is -0.955. The van der Waals surface area contributed by atoms with E-state index >= 15 is 0 Å². The van der Waals surface area contributed by atoms with E-state index in [0.717, 1.165) is 10.8 Å². The summed E-state index contributed by atoms with van der Waals surface area (Å²) in [5.41, 5.74) is 0.958. The highest BCUT2D eigenvalue weighted by atomic mass is 35.5. The van der Waals surface area contributed by atoms with Gasteiger partial charge in [0.05, 0.1) is 18.9 Å². The molecule has 3 aromatic rings. The molecule has 0 radical (unpaired) electrons. The number of aliphatic hydroxyl groups excluding tert-OH is 1. The largest absolute Gasteiger partial charge is 0.495 e. The van der Waals surface area contributed by atoms with Crippen molar-refractivity contribution in [2.24, 2.45) is 0 Å². The third-order valence-corrected chi connectivity index (χ3v) is 4.49. The van der Waals surface area contributed by atoms with Crippen LogP contribution in [0.25, 0.3) is 10.8 Å². The molecule has 0 aliphatic carbocycles. The minimum Gasteiger partial charge on any atom is -0.495 e. The third kappa shape index (κ3) is 4.42. The van der Waals surface area contributed by atoms with E-state index in [4.69, 9.17) is 16.3 Å². The molecule has 0 aliphatic rings. The summed E-state index contributed by atoms with van der Waals surface area (Å²) in [6.45, 7) is -0.104. The molecular formula is C21H19ClN2O4. The number of carbonyl (C=O) groups is 2. The van der Waals surface area contributed by atoms with Crippen LogP contribution >= 0.6 is 11.6 Å². The van der Waals surface area contributed by atoms with Gasteiger partial charge < -0.3 is 20.5 Å². The molecule has 0 spiro atoms. The van der Waals surface area contributed by atoms with Gasteiger partial charge in [-0.3, -0.25) is 9.59 Å². The molecular weight excluding hydrogens is 380 g/mol. The Morgan fingerprint density at radius 1 is 1.07 bits per heavy atom. The van der Waals surface area contributed by atoms with Gasteiger partial charge in [-0.15, -0.1) is 0 Å². The molecule has 7 heteroatoms. The summed E-state index contributed by atoms with van der Waals surface area (Å²) >= 11 is 5.91. The number of carbonyl (C=O) groups excluding carboxylic acids is 2. The first kappa shape index (κ1) is 19.7. The zero-order chi connectivity index (χ0) is 20.1. The van der Waals surface area contributed by atoms with Gasteiger partial charge in [-0.25, -0.2) is 0 Å². The van der Waals surface area contributed by atoms with E-state index in [1.54, 1.807) is 18.2 Å². The van der Waals surface area contributed by atoms with Crippen molar-refractivity contribution in [3.8, 4) is 5.75 Å². The number of hydrogen-bond donors (Lipinski definition) is 3. The number of fused-ring (bicyclic) bond motifs is 1. The monoisotopic (exact) mass is 398 g/mol. The van der Waals surface area contributed by atoms with E-state index in [9.17, 15) is 14.7 Å². The lowest BCUT2D eigenvalue weighted by atomic mass is 10.0. The Bertz CT molecular complexity index is 1020. The first-order valence-electron chi connectivity index (χ1n) is 8.58. The predicted octanol–water partition coefficient (Wildman–Crippen LogP) is 3.29. The fourth-order valence-electron chi connectivity index (χ4n) is 2.88. The van der Waals surface area contributed by atoms with Crippen molar-refractivity contribution in [3.05, 3.63) is 71.2 Å². The maximum atomic E-state index is 12.1. The van der Waals surface area contributed by atoms with Gasteiger partial charge in [0, 0.05) is 11.6 Å². The molecule has 0 unspecified atom stereocenters. The molecule has 0 bridgehead atoms. The SMILES string of the molecule is COc1ccc(Cl)cc1NC(=O)C(=O)NC[C@@H](O)c1cccc2ccccc12. The van der Waals surface area contributed by atoms with Gasteiger partial charge in [0.25, 0.3) is 0 Å². The summed E-state index contributed by atoms with van der Waals surface area (Å²) in [7, 11) is 1.44. The van der Waals surface area contributed by atoms with Gasteiger partial charge in [0.1, 0.15) is 5.75 Å². The standard InChI is InChI=1S/C21H19ClN2O4/c1-28-19-10-9-14(22)11-17(19)24-21(27)20(26)23-12-18(25)16-8-4-6-13-5-2-3-7-15(13)16/h2-11,18,25H,12H2,1H3,(H,23,26)(H,24,27)/t18-/m1/s1. The number of aliphatic hydroxyl groups is 1. The van der Waals surface area contributed by atoms with Gasteiger partial charge in [-0.1, -0.05) is 54.1 Å². The van der Waals surface area contributed by atoms with Crippen LogP contribution < -0.4 is 15.4 Å². The van der Waals surface area contributed by atoms with Crippen LogP contribution in [0, 0.1) is 0 Å². The second kappa shape index (κ2) is 8.73. The molecule has 3 aromatic carbocycles. The lowest BCUT2D eigenvalue weighted by Crippen LogP contribution is -2.37. The van der Waals surface area contributed by atoms with Crippen LogP contribution in [0.5, 0.6) is 5.75 Å². The number of rotatable bonds is 5. The van der Waals surface area contributed by atoms with Crippen molar-refractivity contribution < 1.29 is 19.4 Å². The lowest BCUT2D eigenvalue weighted by molar-refractivity contribution is -0.136. The quantitative estimate of drug-likeness (QED) is 0.575. The molecule has 3 N–H and O–H groups in total. The van der Waals surface area contributed by atoms with Crippen LogP contribution in [0.1, 0.15) is 11.7 Å². The predicted molar refractivity (Wildman–Crippen MR) is 109 cm³/mol. The van der Waals surface area contributed by atoms with E-state index in [0.29, 0.717) is 16.3 Å². The van der Waals surface area contributed by atoms with Crippen LogP contribution in [0.4, 0.5) is 5.69 Å². The number of hydrogen-bond acceptors (Lipinski definition) is 4. The topological polar surface area (TPSA) is 87.7 Å². The molecule has 0 aromatic heterocycles. The molecule has 0 fully saturated rings. The first-order chi connectivity index (χ1) is 13.5. The maximum Gasteiger partial charge on any atom is 0.313 e. The zero-order valence-electron chi connectivity index (χ0n) is 15.1. The van der Waals surface area contributed by atoms with Gasteiger partial charge in [-0.05, 0) is 34.5 Å². The molecule has 0 saturated heterocycles. The third-order valence-electron chi connectivity index (χ3n) is 4.25. The Morgan fingerprint density at radius 2 is 1.82 bits per heavy atom. The van der Waals surface area contributed by atoms with Gasteiger partial charge in [0.15, 0.2) is 0 Å². The summed E-state index contributed by atoms with van der Waals surface area (Å²) in [5.74, 6) is -1.38. The number of methoxy groups -OCH3 is 1. The number of benzene rings is 3. The van der Waals surface area contributed by atoms with Crippen LogP contribution in [0.15, 0.2) is 60.7 Å². The number of amides is 2. The molecule has 1 atom stereocenters. The fourth-order valence-corrected chi connectivity index (χ4v) is 3.05. The summed E-state index contributed by atoms with van der Waals surface area (Å²) in [6.07, 6.45) is -0.955. The highest BCUT2D eigenvalue weighted by molar-refractivity contribution is 6.40. The Morgan fingerprint density at radius 3 is 2.61 bits per heavy atom. The summed E-state index contributed by atoms with van der Waals surface area (Å²) < 4.78 is 5.13. The molecule has 2 amide bonds. The van der Waals surface area contributed by atoms with Crippen molar-refractivity contribution in [3.63, 3.8) is 0 Å². The Balaban J connectivity index is 1.65. The van der Waals surface area contributed by atoms with Crippen LogP contribution in [-0.2, 0) is 9.59 Å². The average Bonchev–Trinajstić information content (AvgIpc) is 2.71. The second-order valence-corrected chi connectivity index (χ2v) is 6.53. The lowest BCUT2D eigenvalue weighted by Gasteiger charge is -2.15. The minimum absolute atomic E-state index is 0.104. The van der Waals surface area contributed by atoms with E-state index in [2.05, 4.69) is 10.6 Å². The number of nitrogens with one attached hydrogen (secondary N) is 2. The summed E-state index contributed by atoms with van der Waals surface area (Å²) in [5, 5.41) is 17.6. The Labute approximate surface area is 167 Å². The highest BCUT2D eigenvalue weighted by Gasteiger charge is 2.18. The molecule has 0 saturated carbocycles. The highest BCUT2D eigenvalue weighted by Crippen LogP contribution is 2.27. The van der Waals surface area contributed by atoms with Crippen LogP contribution in [0.3, 0.4) is 0 Å². The molecule has 0 aliphatic heterocycles. The second-order valence-electron chi connectivity index (χ2n) is 6.09. The zero-order valence-corrected chi connectivity index (χ0v) is 15.9. The first-order valence-corrected chi connectivity index (χ1v) is 8.96. The molecule has 144 valence electrons. The van der Waals surface area contributed by atoms with Crippen molar-refractivity contribution in [2.75, 3.05) is 19.0 Å². The van der Waals surface area contributed by atoms with Crippen LogP contribution in [0.2, 0.25) is 5.02 Å². The Kier molecular flexibility index (Phi) is 6.13. The fraction of sp³-hybridized carbons (Fsp3) is 0.143. The van der Waals surface area contributed by atoms with Crippen molar-refractivity contribution in [2.45, 2.75) is 6.10 Å². The average molecular weight is 399 g/mol. The summed E-state index contributed by atoms with van der Waals surface area (Å²) in [6, 6.07) is 17.9. The number of ether oxygens (including phenoxy) is 1. The Hall–Kier alpha value is -3.09. The molecule has 6 nitrogen and oxygen atoms in total. The number of halogens is 1. The molecule has 28 heavy (non-hydrogen) atoms. The normalized spacial score (nSPS) is 11.7. The summed E-state index contributed by atoms with van der Waals surface area (Å²) in [4.78, 5) is 24.3. The van der Waals surface area contributed by atoms with E-state index in [-0.39, 0.29) is 12.2 Å². The molecule has 3 rings (SSSR count). The van der Waals surface area contributed by atoms with E-state index in [1.165, 1.54) is 13.2 Å².